The third-order valence-electron chi connectivity index (χ3n) is 8.52. The molecule has 6 rings (SSSR count). The van der Waals surface area contributed by atoms with Gasteiger partial charge in [-0.2, -0.15) is 5.10 Å². The number of carbonyl (C=O) groups is 1. The van der Waals surface area contributed by atoms with E-state index < -0.39 is 0 Å². The van der Waals surface area contributed by atoms with Crippen LogP contribution in [0.25, 0.3) is 0 Å². The summed E-state index contributed by atoms with van der Waals surface area (Å²) in [6.07, 6.45) is 12.4. The second kappa shape index (κ2) is 10.2. The average Bonchev–Trinajstić information content (AvgIpc) is 3.61. The normalized spacial score (nSPS) is 24.7. The van der Waals surface area contributed by atoms with Crippen molar-refractivity contribution in [2.24, 2.45) is 5.92 Å². The number of fused-ring (bicyclic) bond motifs is 1. The molecular formula is C29H37N7O. The number of likely N-dealkylation sites (N-methyl/N-ethyl adjacent to an activating group) is 1. The molecule has 1 aromatic carbocycles. The van der Waals surface area contributed by atoms with Gasteiger partial charge in [0.25, 0.3) is 0 Å². The van der Waals surface area contributed by atoms with Gasteiger partial charge in [0.1, 0.15) is 0 Å². The number of carbonyl (C=O) groups excluding carboxylic acids is 1. The van der Waals surface area contributed by atoms with E-state index in [9.17, 15) is 4.79 Å². The number of hydrogen-bond donors (Lipinski definition) is 1. The molecule has 0 radical (unpaired) electrons. The largest absolute Gasteiger partial charge is 0.333 e. The molecule has 2 aliphatic heterocycles. The van der Waals surface area contributed by atoms with Gasteiger partial charge in [-0.3, -0.25) is 9.48 Å². The van der Waals surface area contributed by atoms with Crippen LogP contribution in [0.5, 0.6) is 0 Å². The third-order valence-corrected chi connectivity index (χ3v) is 8.52. The number of nitrogens with one attached hydrogen (secondary N) is 1. The number of rotatable bonds is 5. The lowest BCUT2D eigenvalue weighted by Crippen LogP contribution is -2.50. The number of nitrogens with zero attached hydrogens (tertiary/aromatic N) is 6. The quantitative estimate of drug-likeness (QED) is 0.555. The number of piperidine rings is 1. The molecule has 0 unspecified atom stereocenters. The van der Waals surface area contributed by atoms with Gasteiger partial charge in [-0.05, 0) is 57.3 Å². The fourth-order valence-corrected chi connectivity index (χ4v) is 6.41. The van der Waals surface area contributed by atoms with E-state index >= 15 is 0 Å². The zero-order chi connectivity index (χ0) is 25.4. The van der Waals surface area contributed by atoms with Crippen LogP contribution in [0.15, 0.2) is 48.9 Å². The molecule has 2 fully saturated rings. The molecule has 8 heteroatoms. The van der Waals surface area contributed by atoms with Crippen molar-refractivity contribution in [3.8, 4) is 0 Å². The molecule has 0 spiro atoms. The first-order valence-electron chi connectivity index (χ1n) is 13.7. The maximum atomic E-state index is 14.0. The van der Waals surface area contributed by atoms with Crippen molar-refractivity contribution in [1.29, 1.82) is 0 Å². The highest BCUT2D eigenvalue weighted by Crippen LogP contribution is 2.35. The fraction of sp³-hybridized carbons (Fsp3) is 0.517. The van der Waals surface area contributed by atoms with Crippen molar-refractivity contribution in [2.45, 2.75) is 70.0 Å². The first kappa shape index (κ1) is 24.1. The molecule has 1 saturated carbocycles. The smallest absolute Gasteiger partial charge is 0.227 e. The predicted molar refractivity (Wildman–Crippen MR) is 144 cm³/mol. The Kier molecular flexibility index (Phi) is 6.67. The van der Waals surface area contributed by atoms with Gasteiger partial charge in [-0.1, -0.05) is 43.2 Å². The number of aromatic nitrogens is 4. The van der Waals surface area contributed by atoms with Crippen LogP contribution in [0.4, 0.5) is 11.6 Å². The summed E-state index contributed by atoms with van der Waals surface area (Å²) in [5, 5.41) is 7.89. The van der Waals surface area contributed by atoms with Crippen LogP contribution in [0.3, 0.4) is 0 Å². The van der Waals surface area contributed by atoms with Crippen LogP contribution in [0, 0.1) is 5.92 Å². The summed E-state index contributed by atoms with van der Waals surface area (Å²) in [7, 11) is 2.15. The molecular weight excluding hydrogens is 462 g/mol. The molecule has 2 aromatic heterocycles. The highest BCUT2D eigenvalue weighted by Gasteiger charge is 2.39. The van der Waals surface area contributed by atoms with Crippen molar-refractivity contribution < 1.29 is 4.79 Å². The van der Waals surface area contributed by atoms with Crippen LogP contribution in [-0.4, -0.2) is 61.6 Å². The van der Waals surface area contributed by atoms with Gasteiger partial charge in [0.2, 0.25) is 11.9 Å². The molecule has 1 aliphatic carbocycles. The molecule has 4 heterocycles. The Bertz CT molecular complexity index is 1240. The SMILES string of the molecule is C[C@@H]1Cc2cnc(Nc3cnn(C4CCCC4)c3)nc2CN1C(=O)[C@H]1CCN(C)C[C@@H]1c1ccccc1. The Morgan fingerprint density at radius 1 is 1.08 bits per heavy atom. The summed E-state index contributed by atoms with van der Waals surface area (Å²) < 4.78 is 2.07. The highest BCUT2D eigenvalue weighted by atomic mass is 16.2. The summed E-state index contributed by atoms with van der Waals surface area (Å²) in [6, 6.07) is 11.2. The summed E-state index contributed by atoms with van der Waals surface area (Å²) in [6.45, 7) is 4.53. The molecule has 1 N–H and O–H groups in total. The number of likely N-dealkylation sites (tertiary alicyclic amines) is 1. The van der Waals surface area contributed by atoms with Gasteiger partial charge >= 0.3 is 0 Å². The van der Waals surface area contributed by atoms with Gasteiger partial charge in [-0.25, -0.2) is 9.97 Å². The van der Waals surface area contributed by atoms with E-state index in [4.69, 9.17) is 4.98 Å². The molecule has 3 aliphatic rings. The van der Waals surface area contributed by atoms with Crippen LogP contribution < -0.4 is 5.32 Å². The maximum Gasteiger partial charge on any atom is 0.227 e. The lowest BCUT2D eigenvalue weighted by Gasteiger charge is -2.42. The van der Waals surface area contributed by atoms with E-state index in [0.717, 1.165) is 42.9 Å². The van der Waals surface area contributed by atoms with E-state index in [1.807, 2.05) is 18.5 Å². The van der Waals surface area contributed by atoms with Crippen LogP contribution in [0.2, 0.25) is 0 Å². The van der Waals surface area contributed by atoms with Gasteiger partial charge in [0, 0.05) is 36.8 Å². The standard InChI is InChI=1S/C29H37N7O/c1-20-14-22-15-30-29(32-23-16-31-36(17-23)24-10-6-7-11-24)33-27(22)19-35(20)28(37)25-12-13-34(2)18-26(25)21-8-4-3-5-9-21/h3-5,8-9,15-17,20,24-26H,6-7,10-14,18-19H2,1-2H3,(H,30,32,33)/t20-,25+,26-/m1/s1. The Labute approximate surface area is 219 Å². The van der Waals surface area contributed by atoms with E-state index in [-0.39, 0.29) is 23.8 Å². The average molecular weight is 500 g/mol. The summed E-state index contributed by atoms with van der Waals surface area (Å²) in [5.41, 5.74) is 4.23. The molecule has 3 aromatic rings. The zero-order valence-electron chi connectivity index (χ0n) is 21.9. The Hall–Kier alpha value is -3.26. The van der Waals surface area contributed by atoms with E-state index in [0.29, 0.717) is 18.5 Å². The maximum absolute atomic E-state index is 14.0. The predicted octanol–water partition coefficient (Wildman–Crippen LogP) is 4.54. The Morgan fingerprint density at radius 2 is 1.89 bits per heavy atom. The number of hydrogen-bond acceptors (Lipinski definition) is 6. The number of anilines is 2. The summed E-state index contributed by atoms with van der Waals surface area (Å²) in [5.74, 6) is 1.02. The van der Waals surface area contributed by atoms with E-state index in [1.165, 1.54) is 31.2 Å². The summed E-state index contributed by atoms with van der Waals surface area (Å²) >= 11 is 0. The van der Waals surface area contributed by atoms with Gasteiger partial charge in [0.15, 0.2) is 0 Å². The van der Waals surface area contributed by atoms with Crippen molar-refractivity contribution in [1.82, 2.24) is 29.5 Å². The Balaban J connectivity index is 1.19. The van der Waals surface area contributed by atoms with Gasteiger partial charge in [-0.15, -0.1) is 0 Å². The van der Waals surface area contributed by atoms with Crippen molar-refractivity contribution in [2.75, 3.05) is 25.5 Å². The highest BCUT2D eigenvalue weighted by molar-refractivity contribution is 5.81. The summed E-state index contributed by atoms with van der Waals surface area (Å²) in [4.78, 5) is 27.8. The molecule has 1 amide bonds. The molecule has 1 saturated heterocycles. The fourth-order valence-electron chi connectivity index (χ4n) is 6.41. The lowest BCUT2D eigenvalue weighted by molar-refractivity contribution is -0.141. The minimum absolute atomic E-state index is 0.0107. The second-order valence-corrected chi connectivity index (χ2v) is 11.1. The molecule has 194 valence electrons. The van der Waals surface area contributed by atoms with Crippen LogP contribution in [-0.2, 0) is 17.8 Å². The van der Waals surface area contributed by atoms with Crippen molar-refractivity contribution in [3.63, 3.8) is 0 Å². The van der Waals surface area contributed by atoms with Crippen molar-refractivity contribution >= 4 is 17.5 Å². The van der Waals surface area contributed by atoms with Crippen molar-refractivity contribution in [3.05, 3.63) is 65.7 Å². The van der Waals surface area contributed by atoms with Gasteiger partial charge in [0.05, 0.1) is 30.2 Å². The first-order chi connectivity index (χ1) is 18.0. The zero-order valence-corrected chi connectivity index (χ0v) is 21.9. The monoisotopic (exact) mass is 499 g/mol. The number of benzene rings is 1. The minimum atomic E-state index is -0.0107. The number of amides is 1. The second-order valence-electron chi connectivity index (χ2n) is 11.1. The Morgan fingerprint density at radius 3 is 2.70 bits per heavy atom. The van der Waals surface area contributed by atoms with Crippen LogP contribution >= 0.6 is 0 Å². The van der Waals surface area contributed by atoms with E-state index in [1.54, 1.807) is 0 Å². The van der Waals surface area contributed by atoms with Crippen LogP contribution in [0.1, 0.15) is 67.8 Å². The topological polar surface area (TPSA) is 79.2 Å². The van der Waals surface area contributed by atoms with Gasteiger partial charge < -0.3 is 15.1 Å². The third kappa shape index (κ3) is 4.99. The first-order valence-corrected chi connectivity index (χ1v) is 13.7. The molecule has 37 heavy (non-hydrogen) atoms. The molecule has 3 atom stereocenters. The minimum Gasteiger partial charge on any atom is -0.333 e. The van der Waals surface area contributed by atoms with E-state index in [2.05, 4.69) is 74.3 Å². The molecule has 8 nitrogen and oxygen atoms in total. The molecule has 0 bridgehead atoms. The lowest BCUT2D eigenvalue weighted by atomic mass is 9.79.